The van der Waals surface area contributed by atoms with Gasteiger partial charge in [-0.15, -0.1) is 0 Å². The third kappa shape index (κ3) is 5.07. The van der Waals surface area contributed by atoms with Crippen molar-refractivity contribution >= 4 is 15.8 Å². The zero-order valence-corrected chi connectivity index (χ0v) is 17.3. The number of piperidine rings is 1. The van der Waals surface area contributed by atoms with Gasteiger partial charge in [0.25, 0.3) is 0 Å². The van der Waals surface area contributed by atoms with Crippen LogP contribution in [0.2, 0.25) is 0 Å². The van der Waals surface area contributed by atoms with Crippen LogP contribution in [0, 0.1) is 12.8 Å². The predicted octanol–water partition coefficient (Wildman–Crippen LogP) is 3.39. The Bertz CT molecular complexity index is 923. The molecule has 3 rings (SSSR count). The van der Waals surface area contributed by atoms with Crippen molar-refractivity contribution in [2.75, 3.05) is 19.6 Å². The van der Waals surface area contributed by atoms with E-state index in [-0.39, 0.29) is 17.2 Å². The fourth-order valence-corrected chi connectivity index (χ4v) is 5.12. The number of nitrogens with one attached hydrogen (secondary N) is 1. The van der Waals surface area contributed by atoms with Gasteiger partial charge in [0, 0.05) is 25.2 Å². The fraction of sp³-hybridized carbons (Fsp3) is 0.409. The van der Waals surface area contributed by atoms with Gasteiger partial charge < -0.3 is 5.32 Å². The lowest BCUT2D eigenvalue weighted by Crippen LogP contribution is -2.39. The number of Topliss-reactive ketones (excluding diaryl/α,β-unsaturated/α-hetero) is 1. The highest BCUT2D eigenvalue weighted by Gasteiger charge is 2.29. The summed E-state index contributed by atoms with van der Waals surface area (Å²) in [5.41, 5.74) is 2.72. The smallest absolute Gasteiger partial charge is 0.243 e. The van der Waals surface area contributed by atoms with Crippen LogP contribution in [0.1, 0.15) is 41.3 Å². The molecule has 0 bridgehead atoms. The maximum Gasteiger partial charge on any atom is 0.243 e. The lowest BCUT2D eigenvalue weighted by atomic mass is 10.0. The van der Waals surface area contributed by atoms with Crippen molar-refractivity contribution in [3.63, 3.8) is 0 Å². The highest BCUT2D eigenvalue weighted by Crippen LogP contribution is 2.24. The van der Waals surface area contributed by atoms with Crippen LogP contribution < -0.4 is 5.32 Å². The van der Waals surface area contributed by atoms with Crippen LogP contribution in [0.4, 0.5) is 0 Å². The van der Waals surface area contributed by atoms with Crippen molar-refractivity contribution in [1.82, 2.24) is 9.62 Å². The Morgan fingerprint density at radius 3 is 2.64 bits per heavy atom. The number of rotatable bonds is 7. The van der Waals surface area contributed by atoms with E-state index in [0.717, 1.165) is 18.4 Å². The molecule has 1 aliphatic rings. The first-order valence-corrected chi connectivity index (χ1v) is 11.2. The van der Waals surface area contributed by atoms with Crippen LogP contribution >= 0.6 is 0 Å². The molecule has 150 valence electrons. The van der Waals surface area contributed by atoms with E-state index >= 15 is 0 Å². The summed E-state index contributed by atoms with van der Waals surface area (Å²) in [6.45, 7) is 5.95. The second-order valence-electron chi connectivity index (χ2n) is 7.65. The molecule has 0 saturated carbocycles. The summed E-state index contributed by atoms with van der Waals surface area (Å²) in [5.74, 6) is 0.246. The average Bonchev–Trinajstić information content (AvgIpc) is 2.69. The van der Waals surface area contributed by atoms with E-state index in [1.165, 1.54) is 11.6 Å². The number of hydrogen-bond donors (Lipinski definition) is 1. The third-order valence-electron chi connectivity index (χ3n) is 5.15. The average molecular weight is 401 g/mol. The van der Waals surface area contributed by atoms with E-state index in [2.05, 4.69) is 12.2 Å². The van der Waals surface area contributed by atoms with Gasteiger partial charge in [-0.2, -0.15) is 4.31 Å². The summed E-state index contributed by atoms with van der Waals surface area (Å²) < 4.78 is 27.4. The fourth-order valence-electron chi connectivity index (χ4n) is 3.47. The van der Waals surface area contributed by atoms with Gasteiger partial charge >= 0.3 is 0 Å². The van der Waals surface area contributed by atoms with E-state index in [1.54, 1.807) is 22.5 Å². The zero-order chi connectivity index (χ0) is 20.1. The normalized spacial score (nSPS) is 18.1. The minimum Gasteiger partial charge on any atom is -0.306 e. The first-order chi connectivity index (χ1) is 13.4. The summed E-state index contributed by atoms with van der Waals surface area (Å²) in [6.07, 6.45) is 1.93. The van der Waals surface area contributed by atoms with Crippen molar-refractivity contribution < 1.29 is 13.2 Å². The van der Waals surface area contributed by atoms with Gasteiger partial charge in [0.2, 0.25) is 10.0 Å². The molecule has 0 aliphatic carbocycles. The van der Waals surface area contributed by atoms with E-state index in [9.17, 15) is 13.2 Å². The van der Waals surface area contributed by atoms with Crippen LogP contribution in [0.25, 0.3) is 0 Å². The van der Waals surface area contributed by atoms with Gasteiger partial charge in [-0.25, -0.2) is 8.42 Å². The van der Waals surface area contributed by atoms with Gasteiger partial charge in [-0.1, -0.05) is 48.9 Å². The molecule has 1 saturated heterocycles. The number of nitrogens with zero attached hydrogens (tertiary/aromatic N) is 1. The van der Waals surface area contributed by atoms with Crippen molar-refractivity contribution in [3.05, 3.63) is 65.2 Å². The number of benzene rings is 2. The van der Waals surface area contributed by atoms with E-state index in [0.29, 0.717) is 31.1 Å². The molecular weight excluding hydrogens is 372 g/mol. The predicted molar refractivity (Wildman–Crippen MR) is 111 cm³/mol. The van der Waals surface area contributed by atoms with E-state index < -0.39 is 10.0 Å². The number of carbonyl (C=O) groups is 1. The van der Waals surface area contributed by atoms with Crippen LogP contribution in [0.15, 0.2) is 53.4 Å². The van der Waals surface area contributed by atoms with Gasteiger partial charge in [0.1, 0.15) is 0 Å². The molecular formula is C22H28N2O3S. The lowest BCUT2D eigenvalue weighted by molar-refractivity contribution is 0.0990. The molecule has 1 N–H and O–H groups in total. The zero-order valence-electron chi connectivity index (χ0n) is 16.5. The summed E-state index contributed by atoms with van der Waals surface area (Å²) in [4.78, 5) is 12.7. The van der Waals surface area contributed by atoms with Gasteiger partial charge in [0.05, 0.1) is 11.4 Å². The Labute approximate surface area is 167 Å². The second-order valence-corrected chi connectivity index (χ2v) is 9.59. The number of carbonyl (C=O) groups excluding carboxylic acids is 1. The van der Waals surface area contributed by atoms with Gasteiger partial charge in [-0.3, -0.25) is 4.79 Å². The van der Waals surface area contributed by atoms with Gasteiger partial charge in [-0.05, 0) is 43.4 Å². The number of sulfonamides is 1. The maximum atomic E-state index is 12.9. The van der Waals surface area contributed by atoms with Crippen LogP contribution in [0.3, 0.4) is 0 Å². The van der Waals surface area contributed by atoms with Crippen LogP contribution in [0.5, 0.6) is 0 Å². The maximum absolute atomic E-state index is 12.9. The lowest BCUT2D eigenvalue weighted by Gasteiger charge is -2.30. The Hall–Kier alpha value is -2.02. The molecule has 1 heterocycles. The molecule has 0 radical (unpaired) electrons. The molecule has 2 aromatic rings. The topological polar surface area (TPSA) is 66.5 Å². The summed E-state index contributed by atoms with van der Waals surface area (Å²) in [6, 6.07) is 14.5. The van der Waals surface area contributed by atoms with Crippen molar-refractivity contribution in [1.29, 1.82) is 0 Å². The SMILES string of the molecule is Cc1ccc(CNCC(=O)c2cccc(S(=O)(=O)N3CCCC(C)C3)c2)cc1. The monoisotopic (exact) mass is 400 g/mol. The van der Waals surface area contributed by atoms with Gasteiger partial charge in [0.15, 0.2) is 5.78 Å². The Morgan fingerprint density at radius 1 is 1.18 bits per heavy atom. The minimum atomic E-state index is -3.56. The number of hydrogen-bond acceptors (Lipinski definition) is 4. The summed E-state index contributed by atoms with van der Waals surface area (Å²) in [7, 11) is -3.56. The third-order valence-corrected chi connectivity index (χ3v) is 7.01. The Kier molecular flexibility index (Phi) is 6.65. The quantitative estimate of drug-likeness (QED) is 0.724. The highest BCUT2D eigenvalue weighted by molar-refractivity contribution is 7.89. The number of ketones is 1. The molecule has 0 aromatic heterocycles. The summed E-state index contributed by atoms with van der Waals surface area (Å²) >= 11 is 0. The van der Waals surface area contributed by atoms with Crippen molar-refractivity contribution in [3.8, 4) is 0 Å². The molecule has 1 unspecified atom stereocenters. The first-order valence-electron chi connectivity index (χ1n) is 9.76. The van der Waals surface area contributed by atoms with Crippen molar-refractivity contribution in [2.24, 2.45) is 5.92 Å². The second kappa shape index (κ2) is 8.99. The van der Waals surface area contributed by atoms with Crippen molar-refractivity contribution in [2.45, 2.75) is 38.1 Å². The standard InChI is InChI=1S/C22H28N2O3S/c1-17-8-10-19(11-9-17)14-23-15-22(25)20-6-3-7-21(13-20)28(26,27)24-12-4-5-18(2)16-24/h3,6-11,13,18,23H,4-5,12,14-16H2,1-2H3. The molecule has 1 aliphatic heterocycles. The largest absolute Gasteiger partial charge is 0.306 e. The Balaban J connectivity index is 1.64. The molecule has 2 aromatic carbocycles. The molecule has 1 fully saturated rings. The minimum absolute atomic E-state index is 0.115. The van der Waals surface area contributed by atoms with E-state index in [4.69, 9.17) is 0 Å². The first kappa shape index (κ1) is 20.7. The molecule has 1 atom stereocenters. The van der Waals surface area contributed by atoms with E-state index in [1.807, 2.05) is 31.2 Å². The summed E-state index contributed by atoms with van der Waals surface area (Å²) in [5, 5.41) is 3.14. The molecule has 0 amide bonds. The van der Waals surface area contributed by atoms with Crippen LogP contribution in [-0.2, 0) is 16.6 Å². The molecule has 6 heteroatoms. The Morgan fingerprint density at radius 2 is 1.93 bits per heavy atom. The highest BCUT2D eigenvalue weighted by atomic mass is 32.2. The molecule has 5 nitrogen and oxygen atoms in total. The van der Waals surface area contributed by atoms with Crippen LogP contribution in [-0.4, -0.2) is 38.1 Å². The number of aryl methyl sites for hydroxylation is 1. The molecule has 0 spiro atoms. The molecule has 28 heavy (non-hydrogen) atoms.